The van der Waals surface area contributed by atoms with E-state index in [1.54, 1.807) is 0 Å². The Morgan fingerprint density at radius 1 is 1.36 bits per heavy atom. The Morgan fingerprint density at radius 3 is 2.57 bits per heavy atom. The quantitative estimate of drug-likeness (QED) is 0.786. The zero-order chi connectivity index (χ0) is 9.97. The molecule has 2 heteroatoms. The van der Waals surface area contributed by atoms with Crippen molar-refractivity contribution in [3.05, 3.63) is 35.4 Å². The zero-order valence-corrected chi connectivity index (χ0v) is 8.74. The van der Waals surface area contributed by atoms with E-state index in [-0.39, 0.29) is 0 Å². The minimum atomic E-state index is 0.651. The molecule has 1 saturated heterocycles. The van der Waals surface area contributed by atoms with E-state index in [2.05, 4.69) is 36.1 Å². The predicted molar refractivity (Wildman–Crippen MR) is 58.8 cm³/mol. The van der Waals surface area contributed by atoms with E-state index in [9.17, 15) is 0 Å². The number of benzene rings is 1. The summed E-state index contributed by atoms with van der Waals surface area (Å²) in [5.74, 6) is 0. The largest absolute Gasteiger partial charge is 0.326 e. The minimum Gasteiger partial charge on any atom is -0.326 e. The summed E-state index contributed by atoms with van der Waals surface area (Å²) in [5.41, 5.74) is 8.38. The van der Waals surface area contributed by atoms with Gasteiger partial charge in [-0.3, -0.25) is 4.90 Å². The molecule has 2 nitrogen and oxygen atoms in total. The van der Waals surface area contributed by atoms with E-state index < -0.39 is 0 Å². The van der Waals surface area contributed by atoms with E-state index in [1.807, 2.05) is 0 Å². The van der Waals surface area contributed by atoms with Crippen LogP contribution in [-0.2, 0) is 13.1 Å². The van der Waals surface area contributed by atoms with Gasteiger partial charge in [-0.05, 0) is 24.5 Å². The molecule has 1 aliphatic rings. The second kappa shape index (κ2) is 4.11. The van der Waals surface area contributed by atoms with Gasteiger partial charge in [0.25, 0.3) is 0 Å². The Balaban J connectivity index is 2.07. The van der Waals surface area contributed by atoms with Crippen LogP contribution in [0, 0.1) is 0 Å². The van der Waals surface area contributed by atoms with Gasteiger partial charge in [0.15, 0.2) is 0 Å². The van der Waals surface area contributed by atoms with Crippen LogP contribution in [0.15, 0.2) is 24.3 Å². The SMILES string of the molecule is CC1CCN1Cc1ccccc1CN. The molecule has 0 amide bonds. The molecule has 0 aliphatic carbocycles. The molecule has 0 bridgehead atoms. The summed E-state index contributed by atoms with van der Waals surface area (Å²) in [6.45, 7) is 5.24. The first-order valence-corrected chi connectivity index (χ1v) is 5.32. The molecular weight excluding hydrogens is 172 g/mol. The fourth-order valence-electron chi connectivity index (χ4n) is 1.93. The molecule has 2 rings (SSSR count). The molecule has 1 aromatic rings. The molecule has 1 aromatic carbocycles. The van der Waals surface area contributed by atoms with Crippen LogP contribution in [0.1, 0.15) is 24.5 Å². The van der Waals surface area contributed by atoms with Crippen LogP contribution >= 0.6 is 0 Å². The number of likely N-dealkylation sites (tertiary alicyclic amines) is 1. The predicted octanol–water partition coefficient (Wildman–Crippen LogP) is 1.74. The van der Waals surface area contributed by atoms with Gasteiger partial charge < -0.3 is 5.73 Å². The maximum Gasteiger partial charge on any atom is 0.0239 e. The Bertz CT molecular complexity index is 309. The topological polar surface area (TPSA) is 29.3 Å². The lowest BCUT2D eigenvalue weighted by molar-refractivity contribution is 0.0956. The van der Waals surface area contributed by atoms with Gasteiger partial charge in [0.1, 0.15) is 0 Å². The molecule has 76 valence electrons. The average molecular weight is 190 g/mol. The smallest absolute Gasteiger partial charge is 0.0239 e. The third-order valence-electron chi connectivity index (χ3n) is 3.17. The van der Waals surface area contributed by atoms with Gasteiger partial charge in [0.05, 0.1) is 0 Å². The number of nitrogens with zero attached hydrogens (tertiary/aromatic N) is 1. The molecule has 2 N–H and O–H groups in total. The van der Waals surface area contributed by atoms with Crippen LogP contribution in [0.4, 0.5) is 0 Å². The van der Waals surface area contributed by atoms with Crippen molar-refractivity contribution in [2.24, 2.45) is 5.73 Å². The van der Waals surface area contributed by atoms with E-state index in [0.717, 1.165) is 12.6 Å². The standard InChI is InChI=1S/C12H18N2/c1-10-6-7-14(10)9-12-5-3-2-4-11(12)8-13/h2-5,10H,6-9,13H2,1H3. The van der Waals surface area contributed by atoms with Crippen molar-refractivity contribution >= 4 is 0 Å². The van der Waals surface area contributed by atoms with Crippen LogP contribution in [0.2, 0.25) is 0 Å². The maximum absolute atomic E-state index is 5.70. The highest BCUT2D eigenvalue weighted by Crippen LogP contribution is 2.21. The third-order valence-corrected chi connectivity index (χ3v) is 3.17. The first-order valence-electron chi connectivity index (χ1n) is 5.32. The van der Waals surface area contributed by atoms with E-state index in [4.69, 9.17) is 5.73 Å². The van der Waals surface area contributed by atoms with Gasteiger partial charge in [0.2, 0.25) is 0 Å². The fourth-order valence-corrected chi connectivity index (χ4v) is 1.93. The Labute approximate surface area is 85.7 Å². The van der Waals surface area contributed by atoms with Crippen LogP contribution in [0.25, 0.3) is 0 Å². The van der Waals surface area contributed by atoms with E-state index in [0.29, 0.717) is 6.54 Å². The second-order valence-electron chi connectivity index (χ2n) is 4.08. The molecule has 1 atom stereocenters. The molecule has 0 spiro atoms. The summed E-state index contributed by atoms with van der Waals surface area (Å²) in [4.78, 5) is 2.49. The lowest BCUT2D eigenvalue weighted by Gasteiger charge is -2.39. The average Bonchev–Trinajstić information content (AvgIpc) is 2.24. The highest BCUT2D eigenvalue weighted by atomic mass is 15.2. The summed E-state index contributed by atoms with van der Waals surface area (Å²) in [5, 5.41) is 0. The van der Waals surface area contributed by atoms with Crippen molar-refractivity contribution in [2.45, 2.75) is 32.5 Å². The molecular formula is C12H18N2. The van der Waals surface area contributed by atoms with Crippen LogP contribution in [0.3, 0.4) is 0 Å². The lowest BCUT2D eigenvalue weighted by atomic mass is 10.0. The Hall–Kier alpha value is -0.860. The molecule has 1 heterocycles. The molecule has 0 radical (unpaired) electrons. The number of hydrogen-bond acceptors (Lipinski definition) is 2. The zero-order valence-electron chi connectivity index (χ0n) is 8.74. The molecule has 0 aromatic heterocycles. The third kappa shape index (κ3) is 1.81. The highest BCUT2D eigenvalue weighted by Gasteiger charge is 2.23. The summed E-state index contributed by atoms with van der Waals surface area (Å²) < 4.78 is 0. The van der Waals surface area contributed by atoms with Crippen LogP contribution in [0.5, 0.6) is 0 Å². The summed E-state index contributed by atoms with van der Waals surface area (Å²) in [7, 11) is 0. The van der Waals surface area contributed by atoms with Gasteiger partial charge in [0, 0.05) is 25.7 Å². The first kappa shape index (κ1) is 9.69. The summed E-state index contributed by atoms with van der Waals surface area (Å²) in [6.07, 6.45) is 1.34. The fraction of sp³-hybridized carbons (Fsp3) is 0.500. The van der Waals surface area contributed by atoms with E-state index in [1.165, 1.54) is 24.1 Å². The minimum absolute atomic E-state index is 0.651. The first-order chi connectivity index (χ1) is 6.81. The van der Waals surface area contributed by atoms with Crippen molar-refractivity contribution in [1.29, 1.82) is 0 Å². The van der Waals surface area contributed by atoms with Crippen LogP contribution in [-0.4, -0.2) is 17.5 Å². The lowest BCUT2D eigenvalue weighted by Crippen LogP contribution is -2.44. The monoisotopic (exact) mass is 190 g/mol. The Kier molecular flexibility index (Phi) is 2.85. The molecule has 1 unspecified atom stereocenters. The van der Waals surface area contributed by atoms with Crippen molar-refractivity contribution < 1.29 is 0 Å². The van der Waals surface area contributed by atoms with Crippen molar-refractivity contribution in [1.82, 2.24) is 4.90 Å². The molecule has 1 aliphatic heterocycles. The van der Waals surface area contributed by atoms with Gasteiger partial charge in [-0.25, -0.2) is 0 Å². The molecule has 14 heavy (non-hydrogen) atoms. The van der Waals surface area contributed by atoms with Gasteiger partial charge in [-0.1, -0.05) is 24.3 Å². The summed E-state index contributed by atoms with van der Waals surface area (Å²) in [6, 6.07) is 9.22. The van der Waals surface area contributed by atoms with Crippen LogP contribution < -0.4 is 5.73 Å². The van der Waals surface area contributed by atoms with Gasteiger partial charge in [-0.15, -0.1) is 0 Å². The van der Waals surface area contributed by atoms with Crippen molar-refractivity contribution in [3.8, 4) is 0 Å². The highest BCUT2D eigenvalue weighted by molar-refractivity contribution is 5.27. The molecule has 1 fully saturated rings. The summed E-state index contributed by atoms with van der Waals surface area (Å²) >= 11 is 0. The van der Waals surface area contributed by atoms with Gasteiger partial charge >= 0.3 is 0 Å². The second-order valence-corrected chi connectivity index (χ2v) is 4.08. The number of rotatable bonds is 3. The van der Waals surface area contributed by atoms with Gasteiger partial charge in [-0.2, -0.15) is 0 Å². The molecule has 0 saturated carbocycles. The Morgan fingerprint density at radius 2 is 2.07 bits per heavy atom. The maximum atomic E-state index is 5.70. The number of nitrogens with two attached hydrogens (primary N) is 1. The normalized spacial score (nSPS) is 22.0. The van der Waals surface area contributed by atoms with Crippen molar-refractivity contribution in [2.75, 3.05) is 6.54 Å². The number of hydrogen-bond donors (Lipinski definition) is 1. The van der Waals surface area contributed by atoms with E-state index >= 15 is 0 Å². The van der Waals surface area contributed by atoms with Crippen molar-refractivity contribution in [3.63, 3.8) is 0 Å².